The van der Waals surface area contributed by atoms with Crippen LogP contribution >= 0.6 is 25.3 Å². The minimum Gasteiger partial charge on any atom is -1.00 e. The quantitative estimate of drug-likeness (QED) is 0.0900. The molecule has 9 nitrogen and oxygen atoms in total. The summed E-state index contributed by atoms with van der Waals surface area (Å²) in [6.45, 7) is 1.11. The maximum Gasteiger partial charge on any atom is 1.00 e. The van der Waals surface area contributed by atoms with Crippen molar-refractivity contribution < 1.29 is 72.0 Å². The van der Waals surface area contributed by atoms with E-state index in [4.69, 9.17) is 0 Å². The largest absolute Gasteiger partial charge is 1.00 e. The van der Waals surface area contributed by atoms with E-state index >= 15 is 0 Å². The van der Waals surface area contributed by atoms with Crippen molar-refractivity contribution in [2.75, 3.05) is 6.54 Å². The van der Waals surface area contributed by atoms with Crippen LogP contribution in [0.2, 0.25) is 0 Å². The Morgan fingerprint density at radius 1 is 1.11 bits per heavy atom. The molecule has 0 heterocycles. The molecule has 18 heavy (non-hydrogen) atoms. The molecule has 0 saturated carbocycles. The third-order valence-corrected chi connectivity index (χ3v) is 1.17. The van der Waals surface area contributed by atoms with Gasteiger partial charge in [0.25, 0.3) is 16.4 Å². The van der Waals surface area contributed by atoms with Gasteiger partial charge in [-0.25, -0.2) is 5.84 Å². The van der Waals surface area contributed by atoms with Gasteiger partial charge in [0, 0.05) is 6.92 Å². The van der Waals surface area contributed by atoms with Gasteiger partial charge < -0.3 is 6.74 Å². The molecule has 0 unspecified atom stereocenters. The first-order valence-corrected chi connectivity index (χ1v) is 4.90. The Labute approximate surface area is 158 Å². The van der Waals surface area contributed by atoms with Gasteiger partial charge in [-0.3, -0.25) is 35.5 Å². The standard InChI is InChI=1S/C5H9N3O3S.CH4N2OS.K.H/c1-3(9)6-2-4(10)7-8-5(11)12;2-3-1(4)5;;/h2H2,1H3,(H,6,9)(H,7,10)(H2,8,11,12);2H2,(H2,3,4,5);;/q;;+1;-1. The van der Waals surface area contributed by atoms with Crippen molar-refractivity contribution in [3.8, 4) is 0 Å². The summed E-state index contributed by atoms with van der Waals surface area (Å²) in [5.74, 6) is 3.66. The van der Waals surface area contributed by atoms with E-state index in [9.17, 15) is 19.2 Å². The molecule has 0 saturated heterocycles. The van der Waals surface area contributed by atoms with Crippen molar-refractivity contribution in [1.29, 1.82) is 0 Å². The van der Waals surface area contributed by atoms with E-state index in [1.54, 1.807) is 5.43 Å². The zero-order valence-corrected chi connectivity index (χ0v) is 14.7. The smallest absolute Gasteiger partial charge is 1.00 e. The zero-order valence-electron chi connectivity index (χ0n) is 10.8. The Hall–Kier alpha value is 0.176. The number of nitrogens with two attached hydrogens (primary N) is 1. The predicted octanol–water partition coefficient (Wildman–Crippen LogP) is -4.59. The van der Waals surface area contributed by atoms with Gasteiger partial charge in [0.2, 0.25) is 5.91 Å². The summed E-state index contributed by atoms with van der Waals surface area (Å²) in [4.78, 5) is 40.5. The van der Waals surface area contributed by atoms with Crippen LogP contribution in [-0.2, 0) is 9.59 Å². The minimum absolute atomic E-state index is 0. The van der Waals surface area contributed by atoms with E-state index < -0.39 is 16.4 Å². The van der Waals surface area contributed by atoms with Crippen LogP contribution in [0.5, 0.6) is 0 Å². The molecular weight excluding hydrogens is 309 g/mol. The molecule has 0 aromatic heterocycles. The molecule has 0 spiro atoms. The molecular formula is C6H14KN5O4S2. The number of carbonyl (C=O) groups is 4. The summed E-state index contributed by atoms with van der Waals surface area (Å²) in [5, 5.41) is 1.04. The van der Waals surface area contributed by atoms with E-state index in [0.29, 0.717) is 0 Å². The first-order chi connectivity index (χ1) is 7.79. The predicted molar refractivity (Wildman–Crippen MR) is 67.2 cm³/mol. The summed E-state index contributed by atoms with van der Waals surface area (Å²) >= 11 is 6.55. The van der Waals surface area contributed by atoms with Crippen molar-refractivity contribution in [3.63, 3.8) is 0 Å². The number of hydrogen-bond donors (Lipinski definition) is 7. The van der Waals surface area contributed by atoms with Crippen LogP contribution < -0.4 is 78.8 Å². The van der Waals surface area contributed by atoms with Crippen molar-refractivity contribution in [2.24, 2.45) is 5.84 Å². The fraction of sp³-hybridized carbons (Fsp3) is 0.333. The Morgan fingerprint density at radius 2 is 1.56 bits per heavy atom. The van der Waals surface area contributed by atoms with Crippen LogP contribution in [-0.4, -0.2) is 28.8 Å². The number of rotatable bonds is 2. The number of hydrogen-bond acceptors (Lipinski definition) is 5. The third-order valence-electron chi connectivity index (χ3n) is 0.930. The van der Waals surface area contributed by atoms with Crippen LogP contribution in [0.4, 0.5) is 9.59 Å². The van der Waals surface area contributed by atoms with Crippen molar-refractivity contribution in [2.45, 2.75) is 6.92 Å². The van der Waals surface area contributed by atoms with Crippen LogP contribution in [0.15, 0.2) is 0 Å². The van der Waals surface area contributed by atoms with Gasteiger partial charge in [0.15, 0.2) is 0 Å². The SMILES string of the molecule is CC(=O)NCC(=O)NNC(=O)S.NNC(=O)S.[H-].[K+]. The summed E-state index contributed by atoms with van der Waals surface area (Å²) < 4.78 is 0. The molecule has 0 aromatic rings. The average molecular weight is 323 g/mol. The molecule has 100 valence electrons. The second-order valence-corrected chi connectivity index (χ2v) is 3.15. The molecule has 0 fully saturated rings. The van der Waals surface area contributed by atoms with E-state index in [2.05, 4.69) is 36.4 Å². The number of amides is 4. The fourth-order valence-corrected chi connectivity index (χ4v) is 0.428. The van der Waals surface area contributed by atoms with E-state index in [0.717, 1.165) is 0 Å². The summed E-state index contributed by atoms with van der Waals surface area (Å²) in [5.41, 5.74) is 5.70. The zero-order chi connectivity index (χ0) is 13.8. The molecule has 0 rings (SSSR count). The maximum atomic E-state index is 10.7. The molecule has 0 aliphatic heterocycles. The van der Waals surface area contributed by atoms with Gasteiger partial charge in [-0.05, 0) is 0 Å². The Bertz CT molecular complexity index is 289. The van der Waals surface area contributed by atoms with Gasteiger partial charge >= 0.3 is 51.4 Å². The number of hydrazine groups is 2. The van der Waals surface area contributed by atoms with Crippen molar-refractivity contribution in [1.82, 2.24) is 21.6 Å². The topological polar surface area (TPSA) is 142 Å². The van der Waals surface area contributed by atoms with Crippen LogP contribution in [0.1, 0.15) is 8.35 Å². The van der Waals surface area contributed by atoms with E-state index in [1.165, 1.54) is 6.92 Å². The van der Waals surface area contributed by atoms with Gasteiger partial charge in [-0.1, -0.05) is 25.3 Å². The molecule has 12 heteroatoms. The maximum absolute atomic E-state index is 10.7. The molecule has 0 atom stereocenters. The van der Waals surface area contributed by atoms with Crippen LogP contribution in [0, 0.1) is 0 Å². The second-order valence-electron chi connectivity index (χ2n) is 2.34. The number of carbonyl (C=O) groups excluding carboxylic acids is 4. The Kier molecular flexibility index (Phi) is 19.7. The van der Waals surface area contributed by atoms with Crippen molar-refractivity contribution in [3.05, 3.63) is 0 Å². The molecule has 4 amide bonds. The number of thiol groups is 2. The molecule has 0 aliphatic carbocycles. The van der Waals surface area contributed by atoms with Gasteiger partial charge in [0.1, 0.15) is 0 Å². The molecule has 0 bridgehead atoms. The molecule has 0 aromatic carbocycles. The second kappa shape index (κ2) is 15.2. The summed E-state index contributed by atoms with van der Waals surface area (Å²) in [7, 11) is 0. The first kappa shape index (κ1) is 23.3. The normalized spacial score (nSPS) is 7.56. The van der Waals surface area contributed by atoms with Gasteiger partial charge in [0.05, 0.1) is 6.54 Å². The summed E-state index contributed by atoms with van der Waals surface area (Å²) in [6.07, 6.45) is 0. The van der Waals surface area contributed by atoms with Gasteiger partial charge in [-0.15, -0.1) is 0 Å². The molecule has 0 aliphatic rings. The molecule has 0 radical (unpaired) electrons. The summed E-state index contributed by atoms with van der Waals surface area (Å²) in [6, 6.07) is 0. The van der Waals surface area contributed by atoms with Crippen LogP contribution in [0.3, 0.4) is 0 Å². The third kappa shape index (κ3) is 25.1. The fourth-order valence-electron chi connectivity index (χ4n) is 0.372. The average Bonchev–Trinajstić information content (AvgIpc) is 2.24. The monoisotopic (exact) mass is 323 g/mol. The minimum atomic E-state index is -0.675. The van der Waals surface area contributed by atoms with Crippen molar-refractivity contribution >= 4 is 47.6 Å². The first-order valence-electron chi connectivity index (χ1n) is 4.01. The van der Waals surface area contributed by atoms with E-state index in [1.807, 2.05) is 10.9 Å². The molecule has 6 N–H and O–H groups in total. The van der Waals surface area contributed by atoms with E-state index in [-0.39, 0.29) is 65.3 Å². The number of nitrogens with one attached hydrogen (secondary N) is 4. The Balaban J connectivity index is -0.000000139. The van der Waals surface area contributed by atoms with Gasteiger partial charge in [-0.2, -0.15) is 0 Å². The Morgan fingerprint density at radius 3 is 1.83 bits per heavy atom. The van der Waals surface area contributed by atoms with Crippen LogP contribution in [0.25, 0.3) is 0 Å².